The van der Waals surface area contributed by atoms with Gasteiger partial charge < -0.3 is 10.6 Å². The van der Waals surface area contributed by atoms with E-state index in [1.165, 1.54) is 19.3 Å². The molecule has 2 N–H and O–H groups in total. The Balaban J connectivity index is 2.78. The maximum Gasteiger partial charge on any atom is 0.122 e. The molecule has 0 saturated carbocycles. The molecule has 0 spiro atoms. The van der Waals surface area contributed by atoms with E-state index in [0.717, 1.165) is 0 Å². The smallest absolute Gasteiger partial charge is 0.122 e. The second-order valence-corrected chi connectivity index (χ2v) is 9.98. The van der Waals surface area contributed by atoms with E-state index in [1.807, 2.05) is 0 Å². The average Bonchev–Trinajstić information content (AvgIpc) is 2.15. The molecule has 84 valence electrons. The number of nitrogens with one attached hydrogen (secondary N) is 2. The number of rotatable bonds is 3. The van der Waals surface area contributed by atoms with Crippen LogP contribution in [0.1, 0.15) is 19.3 Å². The Morgan fingerprint density at radius 2 is 1.43 bits per heavy atom. The van der Waals surface area contributed by atoms with Gasteiger partial charge in [-0.15, -0.1) is 0 Å². The third-order valence-electron chi connectivity index (χ3n) is 3.07. The standard InChI is InChI=1S/C10H25N3Si/c1-11-9-7-6-8-10(12-2)13(9)14(3,4)5/h9-12H,6-8H2,1-5H3. The molecule has 0 aromatic heterocycles. The Labute approximate surface area is 89.3 Å². The van der Waals surface area contributed by atoms with Gasteiger partial charge in [0.15, 0.2) is 0 Å². The highest BCUT2D eigenvalue weighted by atomic mass is 28.3. The summed E-state index contributed by atoms with van der Waals surface area (Å²) >= 11 is 0. The molecular formula is C10H25N3Si. The first-order valence-corrected chi connectivity index (χ1v) is 9.08. The van der Waals surface area contributed by atoms with Gasteiger partial charge in [-0.2, -0.15) is 0 Å². The highest BCUT2D eigenvalue weighted by Gasteiger charge is 2.37. The molecule has 2 unspecified atom stereocenters. The largest absolute Gasteiger partial charge is 0.305 e. The fraction of sp³-hybridized carbons (Fsp3) is 1.00. The molecular weight excluding hydrogens is 190 g/mol. The number of hydrogen-bond donors (Lipinski definition) is 2. The summed E-state index contributed by atoms with van der Waals surface area (Å²) in [4.78, 5) is 0. The Morgan fingerprint density at radius 3 is 1.71 bits per heavy atom. The highest BCUT2D eigenvalue weighted by molar-refractivity contribution is 6.73. The summed E-state index contributed by atoms with van der Waals surface area (Å²) in [7, 11) is 2.94. The molecule has 1 rings (SSSR count). The van der Waals surface area contributed by atoms with Crippen LogP contribution >= 0.6 is 0 Å². The molecule has 0 bridgehead atoms. The van der Waals surface area contributed by atoms with E-state index in [-0.39, 0.29) is 0 Å². The Bertz CT molecular complexity index is 167. The van der Waals surface area contributed by atoms with Crippen molar-refractivity contribution in [2.75, 3.05) is 14.1 Å². The van der Waals surface area contributed by atoms with Crippen LogP contribution in [-0.4, -0.2) is 39.2 Å². The lowest BCUT2D eigenvalue weighted by molar-refractivity contribution is 0.131. The lowest BCUT2D eigenvalue weighted by atomic mass is 10.1. The second kappa shape index (κ2) is 4.75. The minimum Gasteiger partial charge on any atom is -0.305 e. The molecule has 0 aromatic rings. The van der Waals surface area contributed by atoms with Gasteiger partial charge in [-0.1, -0.05) is 19.6 Å². The van der Waals surface area contributed by atoms with Gasteiger partial charge in [0.2, 0.25) is 0 Å². The maximum absolute atomic E-state index is 3.45. The summed E-state index contributed by atoms with van der Waals surface area (Å²) in [5, 5.41) is 6.89. The topological polar surface area (TPSA) is 27.3 Å². The van der Waals surface area contributed by atoms with Crippen molar-refractivity contribution in [1.29, 1.82) is 0 Å². The summed E-state index contributed by atoms with van der Waals surface area (Å²) in [5.41, 5.74) is 0. The predicted octanol–water partition coefficient (Wildman–Crippen LogP) is 1.40. The molecule has 4 heteroatoms. The van der Waals surface area contributed by atoms with E-state index in [2.05, 4.69) is 48.9 Å². The van der Waals surface area contributed by atoms with Crippen LogP contribution in [0, 0.1) is 0 Å². The van der Waals surface area contributed by atoms with Gasteiger partial charge in [-0.25, -0.2) is 0 Å². The van der Waals surface area contributed by atoms with Crippen molar-refractivity contribution < 1.29 is 0 Å². The van der Waals surface area contributed by atoms with Crippen LogP contribution in [0.5, 0.6) is 0 Å². The predicted molar refractivity (Wildman–Crippen MR) is 64.7 cm³/mol. The minimum absolute atomic E-state index is 0.577. The summed E-state index contributed by atoms with van der Waals surface area (Å²) in [5.74, 6) is 0. The first kappa shape index (κ1) is 12.2. The van der Waals surface area contributed by atoms with Crippen molar-refractivity contribution >= 4 is 8.24 Å². The monoisotopic (exact) mass is 215 g/mol. The number of piperidine rings is 1. The van der Waals surface area contributed by atoms with Crippen LogP contribution in [0.4, 0.5) is 0 Å². The summed E-state index contributed by atoms with van der Waals surface area (Å²) in [6.07, 6.45) is 5.07. The lowest BCUT2D eigenvalue weighted by Crippen LogP contribution is -2.65. The van der Waals surface area contributed by atoms with Crippen LogP contribution in [0.15, 0.2) is 0 Å². The normalized spacial score (nSPS) is 30.6. The molecule has 1 heterocycles. The van der Waals surface area contributed by atoms with E-state index in [0.29, 0.717) is 12.3 Å². The van der Waals surface area contributed by atoms with Gasteiger partial charge in [-0.3, -0.25) is 4.57 Å². The molecule has 0 aliphatic carbocycles. The maximum atomic E-state index is 3.45. The zero-order valence-corrected chi connectivity index (χ0v) is 11.2. The van der Waals surface area contributed by atoms with E-state index in [1.54, 1.807) is 0 Å². The molecule has 2 atom stereocenters. The van der Waals surface area contributed by atoms with Gasteiger partial charge in [-0.05, 0) is 33.4 Å². The molecule has 0 amide bonds. The Hall–Kier alpha value is 0.0969. The molecule has 3 nitrogen and oxygen atoms in total. The van der Waals surface area contributed by atoms with Crippen molar-refractivity contribution in [3.8, 4) is 0 Å². The quantitative estimate of drug-likeness (QED) is 0.697. The molecule has 1 fully saturated rings. The van der Waals surface area contributed by atoms with E-state index < -0.39 is 8.24 Å². The van der Waals surface area contributed by atoms with E-state index in [4.69, 9.17) is 0 Å². The third-order valence-corrected chi connectivity index (χ3v) is 5.24. The first-order valence-electron chi connectivity index (χ1n) is 5.63. The van der Waals surface area contributed by atoms with Crippen LogP contribution < -0.4 is 10.6 Å². The Morgan fingerprint density at radius 1 is 1.00 bits per heavy atom. The molecule has 1 saturated heterocycles. The minimum atomic E-state index is -1.22. The molecule has 1 aliphatic rings. The summed E-state index contributed by atoms with van der Waals surface area (Å²) in [6, 6.07) is 0. The summed E-state index contributed by atoms with van der Waals surface area (Å²) < 4.78 is 2.69. The van der Waals surface area contributed by atoms with Gasteiger partial charge in [0.1, 0.15) is 8.24 Å². The Kier molecular flexibility index (Phi) is 4.12. The van der Waals surface area contributed by atoms with Crippen LogP contribution in [0.2, 0.25) is 19.6 Å². The molecule has 14 heavy (non-hydrogen) atoms. The van der Waals surface area contributed by atoms with Crippen molar-refractivity contribution in [3.05, 3.63) is 0 Å². The molecule has 1 aliphatic heterocycles. The van der Waals surface area contributed by atoms with Gasteiger partial charge >= 0.3 is 0 Å². The van der Waals surface area contributed by atoms with Gasteiger partial charge in [0, 0.05) is 0 Å². The number of nitrogens with zero attached hydrogens (tertiary/aromatic N) is 1. The van der Waals surface area contributed by atoms with Gasteiger partial charge in [0.05, 0.1) is 12.3 Å². The lowest BCUT2D eigenvalue weighted by Gasteiger charge is -2.48. The van der Waals surface area contributed by atoms with Crippen molar-refractivity contribution in [1.82, 2.24) is 15.2 Å². The SMILES string of the molecule is CNC1CCCC(NC)N1[Si](C)(C)C. The molecule has 0 aromatic carbocycles. The van der Waals surface area contributed by atoms with Crippen molar-refractivity contribution in [3.63, 3.8) is 0 Å². The van der Waals surface area contributed by atoms with Crippen molar-refractivity contribution in [2.45, 2.75) is 51.2 Å². The highest BCUT2D eigenvalue weighted by Crippen LogP contribution is 2.25. The van der Waals surface area contributed by atoms with Gasteiger partial charge in [0.25, 0.3) is 0 Å². The average molecular weight is 215 g/mol. The molecule has 0 radical (unpaired) electrons. The van der Waals surface area contributed by atoms with Crippen LogP contribution in [0.25, 0.3) is 0 Å². The van der Waals surface area contributed by atoms with E-state index in [9.17, 15) is 0 Å². The summed E-state index contributed by atoms with van der Waals surface area (Å²) in [6.45, 7) is 7.27. The van der Waals surface area contributed by atoms with Crippen LogP contribution in [-0.2, 0) is 0 Å². The fourth-order valence-electron chi connectivity index (χ4n) is 2.50. The zero-order valence-electron chi connectivity index (χ0n) is 10.2. The number of hydrogen-bond acceptors (Lipinski definition) is 3. The van der Waals surface area contributed by atoms with E-state index >= 15 is 0 Å². The third kappa shape index (κ3) is 2.57. The van der Waals surface area contributed by atoms with Crippen molar-refractivity contribution in [2.24, 2.45) is 0 Å². The van der Waals surface area contributed by atoms with Crippen LogP contribution in [0.3, 0.4) is 0 Å². The zero-order chi connectivity index (χ0) is 10.8. The first-order chi connectivity index (χ1) is 6.50. The fourth-order valence-corrected chi connectivity index (χ4v) is 4.89. The second-order valence-electron chi connectivity index (χ2n) is 5.12.